The van der Waals surface area contributed by atoms with E-state index in [-0.39, 0.29) is 11.1 Å². The Labute approximate surface area is 137 Å². The topological polar surface area (TPSA) is 59.3 Å². The molecule has 0 saturated carbocycles. The molecular formula is C18H14ClNO3. The number of pyridine rings is 1. The number of carbonyl (C=O) groups is 1. The second kappa shape index (κ2) is 5.89. The molecule has 0 aliphatic heterocycles. The van der Waals surface area contributed by atoms with Crippen LogP contribution in [-0.4, -0.2) is 15.6 Å². The standard InChI is InChI=1S/C18H14ClNO3/c1-11-8-14(18(22)23)9-13-4-7-16(21)20(17(11)13)10-12-2-5-15(19)6-3-12/h2-9H,10H2,1H3,(H,22,23). The quantitative estimate of drug-likeness (QED) is 0.797. The Morgan fingerprint density at radius 1 is 1.13 bits per heavy atom. The first-order chi connectivity index (χ1) is 11.0. The van der Waals surface area contributed by atoms with E-state index < -0.39 is 5.97 Å². The molecule has 0 saturated heterocycles. The van der Waals surface area contributed by atoms with Crippen LogP contribution >= 0.6 is 11.6 Å². The summed E-state index contributed by atoms with van der Waals surface area (Å²) in [6.07, 6.45) is 0. The van der Waals surface area contributed by atoms with Gasteiger partial charge in [-0.15, -0.1) is 0 Å². The highest BCUT2D eigenvalue weighted by atomic mass is 35.5. The van der Waals surface area contributed by atoms with Crippen molar-refractivity contribution in [1.82, 2.24) is 4.57 Å². The van der Waals surface area contributed by atoms with Crippen LogP contribution < -0.4 is 5.56 Å². The smallest absolute Gasteiger partial charge is 0.335 e. The lowest BCUT2D eigenvalue weighted by atomic mass is 10.1. The van der Waals surface area contributed by atoms with Gasteiger partial charge in [0.1, 0.15) is 0 Å². The third kappa shape index (κ3) is 2.98. The van der Waals surface area contributed by atoms with Crippen molar-refractivity contribution in [3.05, 3.63) is 80.6 Å². The Kier molecular flexibility index (Phi) is 3.92. The fourth-order valence-corrected chi connectivity index (χ4v) is 2.84. The summed E-state index contributed by atoms with van der Waals surface area (Å²) in [6.45, 7) is 2.22. The summed E-state index contributed by atoms with van der Waals surface area (Å²) >= 11 is 5.89. The van der Waals surface area contributed by atoms with Crippen molar-refractivity contribution in [2.75, 3.05) is 0 Å². The molecule has 0 fully saturated rings. The number of halogens is 1. The minimum Gasteiger partial charge on any atom is -0.478 e. The molecule has 2 aromatic carbocycles. The maximum absolute atomic E-state index is 12.3. The monoisotopic (exact) mass is 327 g/mol. The SMILES string of the molecule is Cc1cc(C(=O)O)cc2ccc(=O)n(Cc3ccc(Cl)cc3)c12. The third-order valence-corrected chi connectivity index (χ3v) is 4.02. The number of nitrogens with zero attached hydrogens (tertiary/aromatic N) is 1. The van der Waals surface area contributed by atoms with E-state index in [0.29, 0.717) is 11.6 Å². The molecule has 0 aliphatic carbocycles. The molecule has 0 aliphatic rings. The van der Waals surface area contributed by atoms with Crippen molar-refractivity contribution >= 4 is 28.5 Å². The van der Waals surface area contributed by atoms with Gasteiger partial charge in [-0.1, -0.05) is 23.7 Å². The minimum atomic E-state index is -0.981. The number of rotatable bonds is 3. The molecule has 0 radical (unpaired) electrons. The van der Waals surface area contributed by atoms with Crippen LogP contribution in [-0.2, 0) is 6.54 Å². The first-order valence-corrected chi connectivity index (χ1v) is 7.45. The van der Waals surface area contributed by atoms with Crippen LogP contribution in [0.3, 0.4) is 0 Å². The normalized spacial score (nSPS) is 10.9. The first-order valence-electron chi connectivity index (χ1n) is 7.07. The highest BCUT2D eigenvalue weighted by Crippen LogP contribution is 2.21. The van der Waals surface area contributed by atoms with Gasteiger partial charge in [-0.2, -0.15) is 0 Å². The number of hydrogen-bond acceptors (Lipinski definition) is 2. The molecule has 0 atom stereocenters. The van der Waals surface area contributed by atoms with Gasteiger partial charge in [0.05, 0.1) is 17.6 Å². The highest BCUT2D eigenvalue weighted by molar-refractivity contribution is 6.30. The van der Waals surface area contributed by atoms with Crippen molar-refractivity contribution in [1.29, 1.82) is 0 Å². The lowest BCUT2D eigenvalue weighted by Gasteiger charge is -2.13. The number of fused-ring (bicyclic) bond motifs is 1. The fourth-order valence-electron chi connectivity index (χ4n) is 2.72. The summed E-state index contributed by atoms with van der Waals surface area (Å²) in [5, 5.41) is 10.5. The first kappa shape index (κ1) is 15.3. The molecule has 0 bridgehead atoms. The van der Waals surface area contributed by atoms with Crippen molar-refractivity contribution in [3.63, 3.8) is 0 Å². The van der Waals surface area contributed by atoms with Gasteiger partial charge in [-0.25, -0.2) is 4.79 Å². The van der Waals surface area contributed by atoms with Crippen LogP contribution in [0.4, 0.5) is 0 Å². The second-order valence-electron chi connectivity index (χ2n) is 5.42. The third-order valence-electron chi connectivity index (χ3n) is 3.77. The predicted octanol–water partition coefficient (Wildman–Crippen LogP) is 3.71. The van der Waals surface area contributed by atoms with Gasteiger partial charge < -0.3 is 9.67 Å². The predicted molar refractivity (Wildman–Crippen MR) is 90.5 cm³/mol. The molecule has 0 spiro atoms. The Hall–Kier alpha value is -2.59. The molecule has 1 heterocycles. The van der Waals surface area contributed by atoms with Crippen molar-refractivity contribution in [2.45, 2.75) is 13.5 Å². The number of benzene rings is 2. The van der Waals surface area contributed by atoms with E-state index in [4.69, 9.17) is 11.6 Å². The zero-order chi connectivity index (χ0) is 16.6. The van der Waals surface area contributed by atoms with Gasteiger partial charge in [0.15, 0.2) is 0 Å². The summed E-state index contributed by atoms with van der Waals surface area (Å²) in [6, 6.07) is 13.6. The molecule has 3 aromatic rings. The van der Waals surface area contributed by atoms with E-state index in [2.05, 4.69) is 0 Å². The van der Waals surface area contributed by atoms with Gasteiger partial charge in [-0.05, 0) is 53.8 Å². The maximum atomic E-state index is 12.3. The fraction of sp³-hybridized carbons (Fsp3) is 0.111. The Bertz CT molecular complexity index is 958. The second-order valence-corrected chi connectivity index (χ2v) is 5.86. The van der Waals surface area contributed by atoms with E-state index in [1.807, 2.05) is 19.1 Å². The van der Waals surface area contributed by atoms with Crippen molar-refractivity contribution in [3.8, 4) is 0 Å². The highest BCUT2D eigenvalue weighted by Gasteiger charge is 2.11. The minimum absolute atomic E-state index is 0.126. The molecule has 1 aromatic heterocycles. The zero-order valence-corrected chi connectivity index (χ0v) is 13.2. The molecular weight excluding hydrogens is 314 g/mol. The van der Waals surface area contributed by atoms with Crippen LogP contribution in [0.5, 0.6) is 0 Å². The number of carboxylic acid groups (broad SMARTS) is 1. The Balaban J connectivity index is 2.19. The Morgan fingerprint density at radius 2 is 1.83 bits per heavy atom. The molecule has 1 N–H and O–H groups in total. The largest absolute Gasteiger partial charge is 0.478 e. The van der Waals surface area contributed by atoms with Gasteiger partial charge >= 0.3 is 5.97 Å². The molecule has 0 unspecified atom stereocenters. The molecule has 0 amide bonds. The van der Waals surface area contributed by atoms with Gasteiger partial charge in [0, 0.05) is 11.1 Å². The summed E-state index contributed by atoms with van der Waals surface area (Å²) in [7, 11) is 0. The van der Waals surface area contributed by atoms with E-state index in [9.17, 15) is 14.7 Å². The summed E-state index contributed by atoms with van der Waals surface area (Å²) in [4.78, 5) is 23.5. The van der Waals surface area contributed by atoms with Crippen LogP contribution in [0.15, 0.2) is 53.3 Å². The Morgan fingerprint density at radius 3 is 2.48 bits per heavy atom. The van der Waals surface area contributed by atoms with Crippen LogP contribution in [0, 0.1) is 6.92 Å². The maximum Gasteiger partial charge on any atom is 0.335 e. The summed E-state index contributed by atoms with van der Waals surface area (Å²) in [5.74, 6) is -0.981. The van der Waals surface area contributed by atoms with Gasteiger partial charge in [0.25, 0.3) is 5.56 Å². The summed E-state index contributed by atoms with van der Waals surface area (Å²) in [5.41, 5.74) is 2.54. The van der Waals surface area contributed by atoms with Crippen LogP contribution in [0.1, 0.15) is 21.5 Å². The number of aryl methyl sites for hydroxylation is 1. The number of aromatic nitrogens is 1. The molecule has 116 valence electrons. The van der Waals surface area contributed by atoms with Gasteiger partial charge in [-0.3, -0.25) is 4.79 Å². The lowest BCUT2D eigenvalue weighted by molar-refractivity contribution is 0.0697. The van der Waals surface area contributed by atoms with Crippen LogP contribution in [0.25, 0.3) is 10.9 Å². The number of aromatic carboxylic acids is 1. The van der Waals surface area contributed by atoms with Crippen molar-refractivity contribution in [2.24, 2.45) is 0 Å². The van der Waals surface area contributed by atoms with Crippen molar-refractivity contribution < 1.29 is 9.90 Å². The molecule has 5 heteroatoms. The van der Waals surface area contributed by atoms with Crippen LogP contribution in [0.2, 0.25) is 5.02 Å². The number of carboxylic acids is 1. The number of hydrogen-bond donors (Lipinski definition) is 1. The van der Waals surface area contributed by atoms with Gasteiger partial charge in [0.2, 0.25) is 0 Å². The zero-order valence-electron chi connectivity index (χ0n) is 12.4. The van der Waals surface area contributed by atoms with E-state index in [1.54, 1.807) is 34.9 Å². The molecule has 23 heavy (non-hydrogen) atoms. The van der Waals surface area contributed by atoms with E-state index in [1.165, 1.54) is 6.07 Å². The average molecular weight is 328 g/mol. The average Bonchev–Trinajstić information content (AvgIpc) is 2.51. The van der Waals surface area contributed by atoms with E-state index >= 15 is 0 Å². The molecule has 3 rings (SSSR count). The molecule has 4 nitrogen and oxygen atoms in total. The van der Waals surface area contributed by atoms with E-state index in [0.717, 1.165) is 22.0 Å². The summed E-state index contributed by atoms with van der Waals surface area (Å²) < 4.78 is 1.65. The lowest BCUT2D eigenvalue weighted by Crippen LogP contribution is -2.20.